The average Bonchev–Trinajstić information content (AvgIpc) is 2.54. The number of pyridine rings is 1. The van der Waals surface area contributed by atoms with Crippen LogP contribution in [-0.2, 0) is 21.4 Å². The SMILES string of the molecule is COc1ccc([N+](=O)OC)c(S(=O)Cc2ccccc2)n1. The fraction of sp³-hybridized carbons (Fsp3) is 0.214. The first kappa shape index (κ1) is 15.1. The van der Waals surface area contributed by atoms with Crippen LogP contribution in [0.4, 0.5) is 5.69 Å². The van der Waals surface area contributed by atoms with E-state index >= 15 is 0 Å². The summed E-state index contributed by atoms with van der Waals surface area (Å²) in [6.45, 7) is 0. The Labute approximate surface area is 124 Å². The molecule has 0 spiro atoms. The van der Waals surface area contributed by atoms with Crippen LogP contribution < -0.4 is 4.74 Å². The summed E-state index contributed by atoms with van der Waals surface area (Å²) in [6, 6.07) is 12.3. The van der Waals surface area contributed by atoms with Gasteiger partial charge in [-0.05, 0) is 5.56 Å². The largest absolute Gasteiger partial charge is 0.481 e. The van der Waals surface area contributed by atoms with Crippen LogP contribution in [-0.4, -0.2) is 28.3 Å². The number of aromatic nitrogens is 1. The van der Waals surface area contributed by atoms with E-state index in [9.17, 15) is 9.12 Å². The number of benzene rings is 1. The van der Waals surface area contributed by atoms with E-state index in [4.69, 9.17) is 4.74 Å². The van der Waals surface area contributed by atoms with Gasteiger partial charge in [0.15, 0.2) is 7.11 Å². The van der Waals surface area contributed by atoms with Crippen molar-refractivity contribution in [3.63, 3.8) is 0 Å². The lowest BCUT2D eigenvalue weighted by atomic mass is 10.2. The Morgan fingerprint density at radius 2 is 1.86 bits per heavy atom. The molecule has 0 aliphatic rings. The zero-order valence-corrected chi connectivity index (χ0v) is 12.5. The van der Waals surface area contributed by atoms with E-state index in [-0.39, 0.29) is 21.4 Å². The van der Waals surface area contributed by atoms with E-state index in [1.807, 2.05) is 30.3 Å². The van der Waals surface area contributed by atoms with E-state index in [0.29, 0.717) is 5.88 Å². The van der Waals surface area contributed by atoms with Gasteiger partial charge in [-0.25, -0.2) is 4.84 Å². The molecule has 6 nitrogen and oxygen atoms in total. The van der Waals surface area contributed by atoms with Gasteiger partial charge in [0.25, 0.3) is 4.92 Å². The van der Waals surface area contributed by atoms with Crippen molar-refractivity contribution in [2.45, 2.75) is 10.8 Å². The van der Waals surface area contributed by atoms with E-state index in [0.717, 1.165) is 5.56 Å². The van der Waals surface area contributed by atoms with Gasteiger partial charge in [-0.3, -0.25) is 4.21 Å². The van der Waals surface area contributed by atoms with Gasteiger partial charge in [0, 0.05) is 12.1 Å². The molecule has 2 aromatic rings. The normalized spacial score (nSPS) is 11.7. The van der Waals surface area contributed by atoms with Crippen LogP contribution in [0.5, 0.6) is 5.88 Å². The van der Waals surface area contributed by atoms with Crippen LogP contribution in [0.1, 0.15) is 5.56 Å². The van der Waals surface area contributed by atoms with E-state index in [1.54, 1.807) is 0 Å². The molecule has 0 saturated heterocycles. The number of nitrogens with zero attached hydrogens (tertiary/aromatic N) is 2. The molecule has 2 rings (SSSR count). The predicted octanol–water partition coefficient (Wildman–Crippen LogP) is 2.37. The summed E-state index contributed by atoms with van der Waals surface area (Å²) in [5.74, 6) is 0.547. The maximum Gasteiger partial charge on any atom is 0.351 e. The van der Waals surface area contributed by atoms with E-state index in [1.165, 1.54) is 26.4 Å². The molecule has 0 aliphatic carbocycles. The summed E-state index contributed by atoms with van der Waals surface area (Å²) in [5.41, 5.74) is 0.994. The van der Waals surface area contributed by atoms with E-state index < -0.39 is 10.8 Å². The molecule has 1 atom stereocenters. The topological polar surface area (TPSA) is 68.5 Å². The standard InChI is InChI=1S/C14H15N2O4S/c1-19-13-9-8-12(16(17)20-2)14(15-13)21(18)10-11-6-4-3-5-7-11/h3-9H,10H2,1-2H3/q+1. The maximum absolute atomic E-state index is 12.5. The third-order valence-electron chi connectivity index (χ3n) is 2.74. The van der Waals surface area contributed by atoms with Crippen molar-refractivity contribution in [2.24, 2.45) is 0 Å². The average molecular weight is 307 g/mol. The first-order valence-corrected chi connectivity index (χ1v) is 7.46. The second-order valence-electron chi connectivity index (χ2n) is 4.09. The number of ether oxygens (including phenoxy) is 1. The highest BCUT2D eigenvalue weighted by atomic mass is 32.2. The first-order valence-electron chi connectivity index (χ1n) is 6.14. The van der Waals surface area contributed by atoms with Crippen molar-refractivity contribution in [1.29, 1.82) is 0 Å². The lowest BCUT2D eigenvalue weighted by Crippen LogP contribution is -2.07. The van der Waals surface area contributed by atoms with Gasteiger partial charge in [0.2, 0.25) is 10.9 Å². The van der Waals surface area contributed by atoms with Crippen molar-refractivity contribution >= 4 is 16.5 Å². The second-order valence-corrected chi connectivity index (χ2v) is 5.46. The van der Waals surface area contributed by atoms with Gasteiger partial charge in [-0.1, -0.05) is 30.3 Å². The predicted molar refractivity (Wildman–Crippen MR) is 77.6 cm³/mol. The lowest BCUT2D eigenvalue weighted by molar-refractivity contribution is -0.738. The maximum atomic E-state index is 12.5. The Bertz CT molecular complexity index is 661. The number of rotatable bonds is 6. The quantitative estimate of drug-likeness (QED) is 0.766. The van der Waals surface area contributed by atoms with Crippen LogP contribution in [0.15, 0.2) is 47.5 Å². The molecule has 0 saturated carbocycles. The molecule has 1 aromatic carbocycles. The summed E-state index contributed by atoms with van der Waals surface area (Å²) in [4.78, 5) is 20.7. The summed E-state index contributed by atoms with van der Waals surface area (Å²) in [5, 5.41) is 0.134. The zero-order valence-electron chi connectivity index (χ0n) is 11.7. The van der Waals surface area contributed by atoms with E-state index in [2.05, 4.69) is 9.82 Å². The summed E-state index contributed by atoms with van der Waals surface area (Å²) in [7, 11) is 1.20. The van der Waals surface area contributed by atoms with Crippen LogP contribution in [0.25, 0.3) is 0 Å². The molecule has 0 N–H and O–H groups in total. The minimum atomic E-state index is -1.49. The van der Waals surface area contributed by atoms with Gasteiger partial charge in [-0.15, -0.1) is 0 Å². The van der Waals surface area contributed by atoms with Crippen LogP contribution in [0.3, 0.4) is 0 Å². The first-order chi connectivity index (χ1) is 10.2. The molecular weight excluding hydrogens is 292 g/mol. The zero-order chi connectivity index (χ0) is 15.2. The molecule has 0 bridgehead atoms. The van der Waals surface area contributed by atoms with Crippen molar-refractivity contribution in [1.82, 2.24) is 4.98 Å². The fourth-order valence-electron chi connectivity index (χ4n) is 1.73. The molecule has 0 radical (unpaired) electrons. The number of hydrogen-bond acceptors (Lipinski definition) is 5. The van der Waals surface area contributed by atoms with Crippen molar-refractivity contribution in [2.75, 3.05) is 14.2 Å². The fourth-order valence-corrected chi connectivity index (χ4v) is 2.93. The minimum absolute atomic E-state index is 0.104. The highest BCUT2D eigenvalue weighted by Crippen LogP contribution is 2.25. The Hall–Kier alpha value is -2.28. The molecule has 1 aromatic heterocycles. The summed E-state index contributed by atoms with van der Waals surface area (Å²) >= 11 is 0. The lowest BCUT2D eigenvalue weighted by Gasteiger charge is -2.04. The smallest absolute Gasteiger partial charge is 0.351 e. The second kappa shape index (κ2) is 6.94. The summed E-state index contributed by atoms with van der Waals surface area (Å²) in [6.07, 6.45) is 0. The molecule has 0 fully saturated rings. The number of hydrogen-bond donors (Lipinski definition) is 0. The highest BCUT2D eigenvalue weighted by molar-refractivity contribution is 7.84. The molecule has 21 heavy (non-hydrogen) atoms. The summed E-state index contributed by atoms with van der Waals surface area (Å²) < 4.78 is 17.5. The van der Waals surface area contributed by atoms with Crippen LogP contribution in [0, 0.1) is 4.91 Å². The Balaban J connectivity index is 2.36. The van der Waals surface area contributed by atoms with Gasteiger partial charge in [0.1, 0.15) is 0 Å². The van der Waals surface area contributed by atoms with Gasteiger partial charge in [-0.2, -0.15) is 4.98 Å². The highest BCUT2D eigenvalue weighted by Gasteiger charge is 2.27. The minimum Gasteiger partial charge on any atom is -0.481 e. The van der Waals surface area contributed by atoms with Crippen LogP contribution >= 0.6 is 0 Å². The molecule has 1 heterocycles. The van der Waals surface area contributed by atoms with Crippen LogP contribution in [0.2, 0.25) is 0 Å². The third-order valence-corrected chi connectivity index (χ3v) is 4.07. The Morgan fingerprint density at radius 1 is 1.14 bits per heavy atom. The Kier molecular flexibility index (Phi) is 4.99. The third kappa shape index (κ3) is 3.63. The molecular formula is C14H15N2O4S+. The molecule has 1 unspecified atom stereocenters. The molecule has 7 heteroatoms. The van der Waals surface area contributed by atoms with Gasteiger partial charge in [0.05, 0.1) is 28.6 Å². The van der Waals surface area contributed by atoms with Crippen molar-refractivity contribution < 1.29 is 18.7 Å². The van der Waals surface area contributed by atoms with Gasteiger partial charge >= 0.3 is 5.69 Å². The van der Waals surface area contributed by atoms with Gasteiger partial charge < -0.3 is 4.74 Å². The molecule has 0 amide bonds. The van der Waals surface area contributed by atoms with Crippen molar-refractivity contribution in [3.8, 4) is 5.88 Å². The number of methoxy groups -OCH3 is 1. The Morgan fingerprint density at radius 3 is 2.48 bits per heavy atom. The monoisotopic (exact) mass is 307 g/mol. The molecule has 110 valence electrons. The van der Waals surface area contributed by atoms with Crippen molar-refractivity contribution in [3.05, 3.63) is 52.9 Å². The molecule has 0 aliphatic heterocycles.